The molecule has 0 radical (unpaired) electrons. The van der Waals surface area contributed by atoms with Gasteiger partial charge in [0.1, 0.15) is 6.54 Å². The molecule has 0 aromatic heterocycles. The van der Waals surface area contributed by atoms with Crippen LogP contribution in [0.2, 0.25) is 0 Å². The van der Waals surface area contributed by atoms with Crippen LogP contribution in [-0.4, -0.2) is 73.4 Å². The first kappa shape index (κ1) is 18.0. The molecule has 25 heavy (non-hydrogen) atoms. The molecule has 1 heterocycles. The third-order valence-corrected chi connectivity index (χ3v) is 5.35. The monoisotopic (exact) mass is 349 g/mol. The van der Waals surface area contributed by atoms with Crippen molar-refractivity contribution in [3.8, 4) is 0 Å². The fourth-order valence-corrected chi connectivity index (χ4v) is 3.63. The van der Waals surface area contributed by atoms with Crippen molar-refractivity contribution in [1.29, 1.82) is 0 Å². The van der Waals surface area contributed by atoms with E-state index in [1.165, 1.54) is 12.8 Å². The third-order valence-electron chi connectivity index (χ3n) is 5.35. The highest BCUT2D eigenvalue weighted by Crippen LogP contribution is 2.32. The minimum absolute atomic E-state index is 0.0107. The molecule has 140 valence electrons. The van der Waals surface area contributed by atoms with Gasteiger partial charge in [-0.25, -0.2) is 4.99 Å². The molecule has 3 aliphatic rings. The van der Waals surface area contributed by atoms with E-state index in [0.717, 1.165) is 38.8 Å². The summed E-state index contributed by atoms with van der Waals surface area (Å²) in [5, 5.41) is 6.83. The Morgan fingerprint density at radius 2 is 1.96 bits per heavy atom. The van der Waals surface area contributed by atoms with Crippen LogP contribution in [-0.2, 0) is 9.59 Å². The van der Waals surface area contributed by atoms with Crippen LogP contribution in [0.4, 0.5) is 0 Å². The zero-order valence-electron chi connectivity index (χ0n) is 15.5. The number of likely N-dealkylation sites (N-methyl/N-ethyl adjacent to an activating group) is 1. The summed E-state index contributed by atoms with van der Waals surface area (Å²) in [5.74, 6) is 1.32. The normalized spacial score (nSPS) is 24.7. The standard InChI is InChI=1S/C18H31N5O2/c1-22(2)17(25)11-20-18(21-14-5-3-4-6-14)19-10-13-9-16(24)23(12-13)15-7-8-15/h13-15H,3-12H2,1-2H3,(H2,19,20,21). The van der Waals surface area contributed by atoms with Gasteiger partial charge in [-0.1, -0.05) is 12.8 Å². The molecular formula is C18H31N5O2. The summed E-state index contributed by atoms with van der Waals surface area (Å²) in [4.78, 5) is 32.0. The van der Waals surface area contributed by atoms with E-state index in [1.807, 2.05) is 4.90 Å². The fourth-order valence-electron chi connectivity index (χ4n) is 3.63. The Labute approximate surface area is 150 Å². The minimum atomic E-state index is -0.0107. The van der Waals surface area contributed by atoms with Gasteiger partial charge in [0.05, 0.1) is 0 Å². The van der Waals surface area contributed by atoms with E-state index in [0.29, 0.717) is 36.3 Å². The largest absolute Gasteiger partial charge is 0.356 e. The highest BCUT2D eigenvalue weighted by atomic mass is 16.2. The van der Waals surface area contributed by atoms with Gasteiger partial charge in [-0.15, -0.1) is 0 Å². The lowest BCUT2D eigenvalue weighted by Crippen LogP contribution is -2.45. The Hall–Kier alpha value is -1.79. The second-order valence-electron chi connectivity index (χ2n) is 7.81. The van der Waals surface area contributed by atoms with Gasteiger partial charge in [0, 0.05) is 51.6 Å². The number of carbonyl (C=O) groups excluding carboxylic acids is 2. The maximum Gasteiger partial charge on any atom is 0.243 e. The number of aliphatic imine (C=N–C) groups is 1. The first-order valence-electron chi connectivity index (χ1n) is 9.57. The van der Waals surface area contributed by atoms with Crippen LogP contribution in [0.25, 0.3) is 0 Å². The Morgan fingerprint density at radius 3 is 2.60 bits per heavy atom. The fraction of sp³-hybridized carbons (Fsp3) is 0.833. The topological polar surface area (TPSA) is 77.0 Å². The molecule has 2 aliphatic carbocycles. The van der Waals surface area contributed by atoms with Crippen LogP contribution in [0.1, 0.15) is 44.9 Å². The molecular weight excluding hydrogens is 318 g/mol. The lowest BCUT2D eigenvalue weighted by atomic mass is 10.1. The maximum atomic E-state index is 12.1. The molecule has 1 aliphatic heterocycles. The molecule has 3 fully saturated rings. The van der Waals surface area contributed by atoms with Gasteiger partial charge >= 0.3 is 0 Å². The van der Waals surface area contributed by atoms with Crippen LogP contribution in [0.15, 0.2) is 4.99 Å². The molecule has 7 nitrogen and oxygen atoms in total. The summed E-state index contributed by atoms with van der Waals surface area (Å²) in [6.45, 7) is 1.72. The Balaban J connectivity index is 1.52. The number of hydrogen-bond donors (Lipinski definition) is 2. The van der Waals surface area contributed by atoms with E-state index in [2.05, 4.69) is 15.6 Å². The van der Waals surface area contributed by atoms with E-state index in [4.69, 9.17) is 0 Å². The summed E-state index contributed by atoms with van der Waals surface area (Å²) in [6.07, 6.45) is 7.74. The molecule has 2 amide bonds. The summed E-state index contributed by atoms with van der Waals surface area (Å²) < 4.78 is 0. The van der Waals surface area contributed by atoms with Crippen LogP contribution >= 0.6 is 0 Å². The quantitative estimate of drug-likeness (QED) is 0.543. The number of amides is 2. The lowest BCUT2D eigenvalue weighted by molar-refractivity contribution is -0.128. The molecule has 1 unspecified atom stereocenters. The van der Waals surface area contributed by atoms with Gasteiger partial charge in [0.25, 0.3) is 0 Å². The highest BCUT2D eigenvalue weighted by Gasteiger charge is 2.39. The van der Waals surface area contributed by atoms with E-state index in [1.54, 1.807) is 19.0 Å². The number of rotatable bonds is 6. The number of guanidine groups is 1. The molecule has 1 atom stereocenters. The smallest absolute Gasteiger partial charge is 0.243 e. The summed E-state index contributed by atoms with van der Waals surface area (Å²) >= 11 is 0. The van der Waals surface area contributed by atoms with Crippen molar-refractivity contribution in [2.24, 2.45) is 10.9 Å². The minimum Gasteiger partial charge on any atom is -0.356 e. The van der Waals surface area contributed by atoms with E-state index in [9.17, 15) is 9.59 Å². The average molecular weight is 349 g/mol. The van der Waals surface area contributed by atoms with Crippen molar-refractivity contribution < 1.29 is 9.59 Å². The van der Waals surface area contributed by atoms with Crippen molar-refractivity contribution in [3.63, 3.8) is 0 Å². The number of likely N-dealkylation sites (tertiary alicyclic amines) is 1. The third kappa shape index (κ3) is 5.09. The number of nitrogens with zero attached hydrogens (tertiary/aromatic N) is 3. The van der Waals surface area contributed by atoms with Crippen LogP contribution in [0.3, 0.4) is 0 Å². The van der Waals surface area contributed by atoms with E-state index >= 15 is 0 Å². The zero-order valence-corrected chi connectivity index (χ0v) is 15.5. The average Bonchev–Trinajstić information content (AvgIpc) is 3.16. The molecule has 2 N–H and O–H groups in total. The molecule has 1 saturated heterocycles. The predicted molar refractivity (Wildman–Crippen MR) is 97.2 cm³/mol. The highest BCUT2D eigenvalue weighted by molar-refractivity contribution is 5.85. The van der Waals surface area contributed by atoms with Gasteiger partial charge in [0.15, 0.2) is 5.96 Å². The van der Waals surface area contributed by atoms with Crippen LogP contribution in [0.5, 0.6) is 0 Å². The number of carbonyl (C=O) groups is 2. The molecule has 2 saturated carbocycles. The van der Waals surface area contributed by atoms with Crippen LogP contribution < -0.4 is 10.6 Å². The van der Waals surface area contributed by atoms with Crippen molar-refractivity contribution in [2.45, 2.75) is 57.0 Å². The van der Waals surface area contributed by atoms with Crippen LogP contribution in [0, 0.1) is 5.92 Å². The van der Waals surface area contributed by atoms with Crippen molar-refractivity contribution in [2.75, 3.05) is 33.7 Å². The summed E-state index contributed by atoms with van der Waals surface area (Å²) in [5.41, 5.74) is 0. The molecule has 3 rings (SSSR count). The van der Waals surface area contributed by atoms with Gasteiger partial charge in [-0.05, 0) is 25.7 Å². The van der Waals surface area contributed by atoms with Crippen molar-refractivity contribution in [1.82, 2.24) is 20.4 Å². The number of nitrogens with one attached hydrogen (secondary N) is 2. The lowest BCUT2D eigenvalue weighted by Gasteiger charge is -2.20. The second kappa shape index (κ2) is 8.06. The predicted octanol–water partition coefficient (Wildman–Crippen LogP) is 0.563. The van der Waals surface area contributed by atoms with Gasteiger partial charge in [-0.3, -0.25) is 9.59 Å². The zero-order chi connectivity index (χ0) is 17.8. The Bertz CT molecular complexity index is 524. The van der Waals surface area contributed by atoms with Crippen molar-refractivity contribution in [3.05, 3.63) is 0 Å². The molecule has 0 aromatic rings. The first-order chi connectivity index (χ1) is 12.0. The molecule has 0 bridgehead atoms. The summed E-state index contributed by atoms with van der Waals surface area (Å²) in [6, 6.07) is 0.939. The molecule has 0 aromatic carbocycles. The van der Waals surface area contributed by atoms with E-state index < -0.39 is 0 Å². The summed E-state index contributed by atoms with van der Waals surface area (Å²) in [7, 11) is 3.48. The van der Waals surface area contributed by atoms with E-state index in [-0.39, 0.29) is 12.5 Å². The SMILES string of the molecule is CN(C)C(=O)CN=C(NCC1CC(=O)N(C2CC2)C1)NC1CCCC1. The Kier molecular flexibility index (Phi) is 5.81. The first-order valence-corrected chi connectivity index (χ1v) is 9.57. The Morgan fingerprint density at radius 1 is 1.24 bits per heavy atom. The van der Waals surface area contributed by atoms with Gasteiger partial charge < -0.3 is 20.4 Å². The molecule has 0 spiro atoms. The van der Waals surface area contributed by atoms with Gasteiger partial charge in [-0.2, -0.15) is 0 Å². The van der Waals surface area contributed by atoms with Gasteiger partial charge in [0.2, 0.25) is 11.8 Å². The second-order valence-corrected chi connectivity index (χ2v) is 7.81. The molecule has 7 heteroatoms. The number of hydrogen-bond acceptors (Lipinski definition) is 3. The maximum absolute atomic E-state index is 12.1. The van der Waals surface area contributed by atoms with Crippen molar-refractivity contribution >= 4 is 17.8 Å².